The number of para-hydroxylation sites is 1. The molecule has 2 rings (SSSR count). The molecule has 2 aromatic rings. The molecule has 1 N–H and O–H groups in total. The van der Waals surface area contributed by atoms with Crippen molar-refractivity contribution in [1.29, 1.82) is 0 Å². The smallest absolute Gasteiger partial charge is 0.246 e. The van der Waals surface area contributed by atoms with Gasteiger partial charge in [0.2, 0.25) is 10.0 Å². The van der Waals surface area contributed by atoms with Crippen molar-refractivity contribution < 1.29 is 13.2 Å². The number of H-pyrrole nitrogens is 1. The van der Waals surface area contributed by atoms with Gasteiger partial charge in [0.1, 0.15) is 16.5 Å². The Hall–Kier alpha value is -1.93. The Balaban J connectivity index is 2.29. The zero-order chi connectivity index (χ0) is 14.8. The Kier molecular flexibility index (Phi) is 4.05. The number of hydrogen-bond donors (Lipinski definition) is 1. The Morgan fingerprint density at radius 1 is 1.35 bits per heavy atom. The molecule has 0 unspecified atom stereocenters. The average molecular weight is 296 g/mol. The van der Waals surface area contributed by atoms with Gasteiger partial charge in [-0.25, -0.2) is 13.4 Å². The number of methoxy groups -OCH3 is 1. The van der Waals surface area contributed by atoms with E-state index in [1.165, 1.54) is 24.5 Å². The standard InChI is InChI=1S/C12H16N4O3S/c1-9-13-12(15-14-9)8-16(2)20(17,18)11-7-5-4-6-10(11)19-3/h4-7H,8H2,1-3H3,(H,13,14,15). The minimum atomic E-state index is -3.66. The first-order chi connectivity index (χ1) is 9.45. The number of ether oxygens (including phenoxy) is 1. The van der Waals surface area contributed by atoms with Gasteiger partial charge in [0.05, 0.1) is 13.7 Å². The largest absolute Gasteiger partial charge is 0.495 e. The van der Waals surface area contributed by atoms with E-state index < -0.39 is 10.0 Å². The van der Waals surface area contributed by atoms with Crippen LogP contribution in [-0.4, -0.2) is 42.1 Å². The molecule has 0 spiro atoms. The van der Waals surface area contributed by atoms with Crippen LogP contribution in [0.2, 0.25) is 0 Å². The van der Waals surface area contributed by atoms with Crippen LogP contribution in [-0.2, 0) is 16.6 Å². The number of sulfonamides is 1. The molecular formula is C12H16N4O3S. The van der Waals surface area contributed by atoms with E-state index in [0.29, 0.717) is 17.4 Å². The van der Waals surface area contributed by atoms with E-state index in [4.69, 9.17) is 4.74 Å². The monoisotopic (exact) mass is 296 g/mol. The molecule has 0 radical (unpaired) electrons. The number of nitrogens with zero attached hydrogens (tertiary/aromatic N) is 3. The van der Waals surface area contributed by atoms with Gasteiger partial charge in [-0.05, 0) is 19.1 Å². The fourth-order valence-corrected chi connectivity index (χ4v) is 3.02. The van der Waals surface area contributed by atoms with Crippen LogP contribution in [0.15, 0.2) is 29.2 Å². The third kappa shape index (κ3) is 2.81. The van der Waals surface area contributed by atoms with E-state index in [1.54, 1.807) is 25.1 Å². The molecule has 0 saturated carbocycles. The highest BCUT2D eigenvalue weighted by Crippen LogP contribution is 2.25. The van der Waals surface area contributed by atoms with Gasteiger partial charge in [-0.3, -0.25) is 5.10 Å². The minimum Gasteiger partial charge on any atom is -0.495 e. The average Bonchev–Trinajstić information content (AvgIpc) is 2.84. The molecule has 0 fully saturated rings. The summed E-state index contributed by atoms with van der Waals surface area (Å²) in [6.45, 7) is 1.84. The van der Waals surface area contributed by atoms with E-state index in [2.05, 4.69) is 15.2 Å². The van der Waals surface area contributed by atoms with Crippen molar-refractivity contribution in [2.24, 2.45) is 0 Å². The molecule has 7 nitrogen and oxygen atoms in total. The maximum absolute atomic E-state index is 12.5. The Labute approximate surface area is 117 Å². The number of aromatic amines is 1. The summed E-state index contributed by atoms with van der Waals surface area (Å²) in [5.41, 5.74) is 0. The van der Waals surface area contributed by atoms with Gasteiger partial charge in [-0.2, -0.15) is 9.40 Å². The molecule has 1 aromatic heterocycles. The summed E-state index contributed by atoms with van der Waals surface area (Å²) < 4.78 is 31.3. The maximum atomic E-state index is 12.5. The van der Waals surface area contributed by atoms with Crippen LogP contribution in [0.1, 0.15) is 11.6 Å². The lowest BCUT2D eigenvalue weighted by atomic mass is 10.3. The summed E-state index contributed by atoms with van der Waals surface area (Å²) in [5, 5.41) is 6.61. The molecule has 0 aliphatic heterocycles. The highest BCUT2D eigenvalue weighted by atomic mass is 32.2. The molecule has 8 heteroatoms. The molecule has 0 saturated heterocycles. The van der Waals surface area contributed by atoms with E-state index in [1.807, 2.05) is 0 Å². The SMILES string of the molecule is COc1ccccc1S(=O)(=O)N(C)Cc1n[nH]c(C)n1. The van der Waals surface area contributed by atoms with E-state index in [0.717, 1.165) is 0 Å². The number of benzene rings is 1. The van der Waals surface area contributed by atoms with Crippen LogP contribution in [0, 0.1) is 6.92 Å². The zero-order valence-corrected chi connectivity index (χ0v) is 12.3. The van der Waals surface area contributed by atoms with Crippen LogP contribution in [0.5, 0.6) is 5.75 Å². The maximum Gasteiger partial charge on any atom is 0.246 e. The fraction of sp³-hybridized carbons (Fsp3) is 0.333. The van der Waals surface area contributed by atoms with Gasteiger partial charge in [0.15, 0.2) is 5.82 Å². The van der Waals surface area contributed by atoms with Crippen LogP contribution < -0.4 is 4.74 Å². The summed E-state index contributed by atoms with van der Waals surface area (Å²) in [5.74, 6) is 1.37. The lowest BCUT2D eigenvalue weighted by molar-refractivity contribution is 0.397. The first-order valence-corrected chi connectivity index (χ1v) is 7.36. The fourth-order valence-electron chi connectivity index (χ4n) is 1.74. The minimum absolute atomic E-state index is 0.0880. The second-order valence-electron chi connectivity index (χ2n) is 4.25. The Morgan fingerprint density at radius 2 is 2.05 bits per heavy atom. The van der Waals surface area contributed by atoms with Crippen molar-refractivity contribution in [3.8, 4) is 5.75 Å². The van der Waals surface area contributed by atoms with Gasteiger partial charge in [0, 0.05) is 7.05 Å². The summed E-state index contributed by atoms with van der Waals surface area (Å²) in [6.07, 6.45) is 0. The number of aryl methyl sites for hydroxylation is 1. The molecule has 108 valence electrons. The first-order valence-electron chi connectivity index (χ1n) is 5.92. The van der Waals surface area contributed by atoms with Crippen molar-refractivity contribution in [3.05, 3.63) is 35.9 Å². The Bertz CT molecular complexity index is 696. The van der Waals surface area contributed by atoms with Crippen molar-refractivity contribution in [2.45, 2.75) is 18.4 Å². The highest BCUT2D eigenvalue weighted by Gasteiger charge is 2.25. The zero-order valence-electron chi connectivity index (χ0n) is 11.5. The molecule has 1 heterocycles. The van der Waals surface area contributed by atoms with E-state index in [9.17, 15) is 8.42 Å². The predicted octanol–water partition coefficient (Wildman–Crippen LogP) is 0.942. The topological polar surface area (TPSA) is 88.2 Å². The number of hydrogen-bond acceptors (Lipinski definition) is 5. The number of nitrogens with one attached hydrogen (secondary N) is 1. The van der Waals surface area contributed by atoms with E-state index in [-0.39, 0.29) is 11.4 Å². The van der Waals surface area contributed by atoms with Crippen LogP contribution in [0.4, 0.5) is 0 Å². The second kappa shape index (κ2) is 5.59. The number of rotatable bonds is 5. The molecule has 0 aliphatic rings. The number of aromatic nitrogens is 3. The molecule has 1 aromatic carbocycles. The summed E-state index contributed by atoms with van der Waals surface area (Å²) in [7, 11) is -0.739. The predicted molar refractivity (Wildman–Crippen MR) is 72.8 cm³/mol. The van der Waals surface area contributed by atoms with E-state index >= 15 is 0 Å². The van der Waals surface area contributed by atoms with Gasteiger partial charge in [0.25, 0.3) is 0 Å². The third-order valence-corrected chi connectivity index (χ3v) is 4.61. The molecule has 0 bridgehead atoms. The lowest BCUT2D eigenvalue weighted by Gasteiger charge is -2.17. The molecule has 0 atom stereocenters. The van der Waals surface area contributed by atoms with Gasteiger partial charge in [-0.1, -0.05) is 12.1 Å². The van der Waals surface area contributed by atoms with Crippen molar-refractivity contribution in [2.75, 3.05) is 14.2 Å². The molecule has 0 aliphatic carbocycles. The van der Waals surface area contributed by atoms with Crippen molar-refractivity contribution in [1.82, 2.24) is 19.5 Å². The van der Waals surface area contributed by atoms with Crippen molar-refractivity contribution >= 4 is 10.0 Å². The van der Waals surface area contributed by atoms with Gasteiger partial charge >= 0.3 is 0 Å². The highest BCUT2D eigenvalue weighted by molar-refractivity contribution is 7.89. The van der Waals surface area contributed by atoms with Crippen LogP contribution >= 0.6 is 0 Å². The molecule has 20 heavy (non-hydrogen) atoms. The lowest BCUT2D eigenvalue weighted by Crippen LogP contribution is -2.27. The molecule has 0 amide bonds. The van der Waals surface area contributed by atoms with Gasteiger partial charge in [-0.15, -0.1) is 0 Å². The third-order valence-electron chi connectivity index (χ3n) is 2.76. The second-order valence-corrected chi connectivity index (χ2v) is 6.26. The van der Waals surface area contributed by atoms with Crippen LogP contribution in [0.25, 0.3) is 0 Å². The summed E-state index contributed by atoms with van der Waals surface area (Å²) >= 11 is 0. The first kappa shape index (κ1) is 14.5. The molecular weight excluding hydrogens is 280 g/mol. The quantitative estimate of drug-likeness (QED) is 0.887. The summed E-state index contributed by atoms with van der Waals surface area (Å²) in [6, 6.07) is 6.49. The normalized spacial score (nSPS) is 11.8. The van der Waals surface area contributed by atoms with Crippen LogP contribution in [0.3, 0.4) is 0 Å². The summed E-state index contributed by atoms with van der Waals surface area (Å²) in [4.78, 5) is 4.22. The Morgan fingerprint density at radius 3 is 2.65 bits per heavy atom. The van der Waals surface area contributed by atoms with Crippen molar-refractivity contribution in [3.63, 3.8) is 0 Å². The van der Waals surface area contributed by atoms with Gasteiger partial charge < -0.3 is 4.74 Å².